The second-order valence-corrected chi connectivity index (χ2v) is 8.00. The summed E-state index contributed by atoms with van der Waals surface area (Å²) in [5, 5.41) is 6.22. The highest BCUT2D eigenvalue weighted by atomic mass is 16.5. The van der Waals surface area contributed by atoms with Gasteiger partial charge < -0.3 is 20.1 Å². The summed E-state index contributed by atoms with van der Waals surface area (Å²) in [6, 6.07) is 3.46. The molecule has 0 saturated heterocycles. The van der Waals surface area contributed by atoms with Gasteiger partial charge in [-0.05, 0) is 62.3 Å². The zero-order valence-electron chi connectivity index (χ0n) is 14.8. The summed E-state index contributed by atoms with van der Waals surface area (Å²) in [5.74, 6) is 2.98. The number of amides is 2. The number of urea groups is 1. The Kier molecular flexibility index (Phi) is 4.54. The molecule has 4 saturated carbocycles. The lowest BCUT2D eigenvalue weighted by Crippen LogP contribution is -2.60. The second-order valence-electron chi connectivity index (χ2n) is 8.00. The topological polar surface area (TPSA) is 72.5 Å². The zero-order chi connectivity index (χ0) is 17.3. The van der Waals surface area contributed by atoms with Gasteiger partial charge in [-0.3, -0.25) is 0 Å². The standard InChI is InChI=1S/C19H27N3O3/c1-24-4-5-25-17-3-2-16(12-20-17)21-18(23)22-19-9-13-6-14(10-19)8-15(7-13)11-19/h2-3,12-15H,4-11H2,1H3,(H2,21,22,23). The van der Waals surface area contributed by atoms with E-state index in [0.29, 0.717) is 24.8 Å². The largest absolute Gasteiger partial charge is 0.475 e. The molecule has 4 bridgehead atoms. The summed E-state index contributed by atoms with van der Waals surface area (Å²) in [6.07, 6.45) is 9.19. The van der Waals surface area contributed by atoms with Gasteiger partial charge in [0.25, 0.3) is 0 Å². The number of rotatable bonds is 6. The van der Waals surface area contributed by atoms with Crippen molar-refractivity contribution in [2.45, 2.75) is 44.1 Å². The van der Waals surface area contributed by atoms with Gasteiger partial charge in [-0.25, -0.2) is 9.78 Å². The van der Waals surface area contributed by atoms with Crippen LogP contribution in [0.5, 0.6) is 5.88 Å². The van der Waals surface area contributed by atoms with Gasteiger partial charge in [0.15, 0.2) is 0 Å². The molecule has 2 amide bonds. The SMILES string of the molecule is COCCOc1ccc(NC(=O)NC23CC4CC(CC(C4)C2)C3)cn1. The van der Waals surface area contributed by atoms with E-state index in [1.807, 2.05) is 6.07 Å². The van der Waals surface area contributed by atoms with Crippen molar-refractivity contribution in [1.29, 1.82) is 0 Å². The number of hydrogen-bond donors (Lipinski definition) is 2. The fraction of sp³-hybridized carbons (Fsp3) is 0.684. The predicted molar refractivity (Wildman–Crippen MR) is 94.7 cm³/mol. The van der Waals surface area contributed by atoms with Gasteiger partial charge in [-0.1, -0.05) is 0 Å². The Morgan fingerprint density at radius 3 is 2.40 bits per heavy atom. The highest BCUT2D eigenvalue weighted by Crippen LogP contribution is 2.55. The number of carbonyl (C=O) groups is 1. The van der Waals surface area contributed by atoms with Crippen LogP contribution in [0.15, 0.2) is 18.3 Å². The van der Waals surface area contributed by atoms with Gasteiger partial charge in [0.05, 0.1) is 18.5 Å². The van der Waals surface area contributed by atoms with E-state index in [9.17, 15) is 4.79 Å². The van der Waals surface area contributed by atoms with Crippen molar-refractivity contribution in [3.05, 3.63) is 18.3 Å². The molecule has 5 rings (SSSR count). The summed E-state index contributed by atoms with van der Waals surface area (Å²) in [4.78, 5) is 16.7. The van der Waals surface area contributed by atoms with Crippen LogP contribution in [0.3, 0.4) is 0 Å². The fourth-order valence-corrected chi connectivity index (χ4v) is 5.44. The van der Waals surface area contributed by atoms with E-state index < -0.39 is 0 Å². The van der Waals surface area contributed by atoms with Crippen molar-refractivity contribution in [2.24, 2.45) is 17.8 Å². The summed E-state index contributed by atoms with van der Waals surface area (Å²) < 4.78 is 10.4. The average Bonchev–Trinajstić information content (AvgIpc) is 2.55. The number of nitrogens with one attached hydrogen (secondary N) is 2. The minimum Gasteiger partial charge on any atom is -0.475 e. The van der Waals surface area contributed by atoms with Gasteiger partial charge in [-0.2, -0.15) is 0 Å². The minimum atomic E-state index is -0.114. The Labute approximate surface area is 148 Å². The van der Waals surface area contributed by atoms with E-state index in [-0.39, 0.29) is 11.6 Å². The lowest BCUT2D eigenvalue weighted by molar-refractivity contribution is -0.0127. The first kappa shape index (κ1) is 16.6. The predicted octanol–water partition coefficient (Wildman–Crippen LogP) is 3.20. The van der Waals surface area contributed by atoms with Crippen molar-refractivity contribution in [3.8, 4) is 5.88 Å². The molecule has 0 aliphatic heterocycles. The van der Waals surface area contributed by atoms with E-state index in [1.54, 1.807) is 19.4 Å². The Bertz CT molecular complexity index is 582. The van der Waals surface area contributed by atoms with Crippen LogP contribution in [0.4, 0.5) is 10.5 Å². The van der Waals surface area contributed by atoms with Crippen molar-refractivity contribution in [2.75, 3.05) is 25.6 Å². The maximum Gasteiger partial charge on any atom is 0.319 e. The van der Waals surface area contributed by atoms with Crippen molar-refractivity contribution in [3.63, 3.8) is 0 Å². The summed E-state index contributed by atoms with van der Waals surface area (Å²) in [5.41, 5.74) is 0.705. The third kappa shape index (κ3) is 3.73. The smallest absolute Gasteiger partial charge is 0.319 e. The van der Waals surface area contributed by atoms with Crippen LogP contribution in [0, 0.1) is 17.8 Å². The molecule has 0 aromatic carbocycles. The van der Waals surface area contributed by atoms with Gasteiger partial charge in [0.1, 0.15) is 6.61 Å². The van der Waals surface area contributed by atoms with Crippen LogP contribution in [0.1, 0.15) is 38.5 Å². The molecule has 1 aromatic heterocycles. The van der Waals surface area contributed by atoms with Gasteiger partial charge in [0, 0.05) is 18.7 Å². The number of ether oxygens (including phenoxy) is 2. The molecule has 0 spiro atoms. The van der Waals surface area contributed by atoms with Crippen LogP contribution in [-0.2, 0) is 4.74 Å². The lowest BCUT2D eigenvalue weighted by atomic mass is 9.53. The van der Waals surface area contributed by atoms with E-state index in [2.05, 4.69) is 15.6 Å². The van der Waals surface area contributed by atoms with Crippen LogP contribution < -0.4 is 15.4 Å². The first-order valence-corrected chi connectivity index (χ1v) is 9.31. The Morgan fingerprint density at radius 1 is 1.16 bits per heavy atom. The third-order valence-corrected chi connectivity index (χ3v) is 5.95. The number of hydrogen-bond acceptors (Lipinski definition) is 4. The number of methoxy groups -OCH3 is 1. The Hall–Kier alpha value is -1.82. The summed E-state index contributed by atoms with van der Waals surface area (Å²) in [6.45, 7) is 0.984. The maximum atomic E-state index is 12.5. The molecule has 0 atom stereocenters. The lowest BCUT2D eigenvalue weighted by Gasteiger charge is -2.56. The zero-order valence-corrected chi connectivity index (χ0v) is 14.8. The molecule has 4 aliphatic carbocycles. The van der Waals surface area contributed by atoms with E-state index in [0.717, 1.165) is 37.0 Å². The molecule has 1 aromatic rings. The molecule has 4 aliphatic rings. The molecular weight excluding hydrogens is 318 g/mol. The molecule has 2 N–H and O–H groups in total. The molecule has 136 valence electrons. The molecule has 6 nitrogen and oxygen atoms in total. The van der Waals surface area contributed by atoms with Crippen LogP contribution in [0.25, 0.3) is 0 Å². The Balaban J connectivity index is 1.32. The maximum absolute atomic E-state index is 12.5. The number of carbonyl (C=O) groups excluding carboxylic acids is 1. The van der Waals surface area contributed by atoms with Gasteiger partial charge >= 0.3 is 6.03 Å². The molecule has 6 heteroatoms. The third-order valence-electron chi connectivity index (χ3n) is 5.95. The van der Waals surface area contributed by atoms with Gasteiger partial charge in [-0.15, -0.1) is 0 Å². The fourth-order valence-electron chi connectivity index (χ4n) is 5.44. The molecule has 4 fully saturated rings. The van der Waals surface area contributed by atoms with Gasteiger partial charge in [0.2, 0.25) is 5.88 Å². The van der Waals surface area contributed by atoms with Crippen LogP contribution >= 0.6 is 0 Å². The summed E-state index contributed by atoms with van der Waals surface area (Å²) >= 11 is 0. The molecule has 25 heavy (non-hydrogen) atoms. The van der Waals surface area contributed by atoms with E-state index in [4.69, 9.17) is 9.47 Å². The van der Waals surface area contributed by atoms with Crippen LogP contribution in [0.2, 0.25) is 0 Å². The number of pyridine rings is 1. The molecule has 1 heterocycles. The Morgan fingerprint density at radius 2 is 1.84 bits per heavy atom. The minimum absolute atomic E-state index is 0.0233. The monoisotopic (exact) mass is 345 g/mol. The second kappa shape index (κ2) is 6.83. The quantitative estimate of drug-likeness (QED) is 0.777. The molecular formula is C19H27N3O3. The van der Waals surface area contributed by atoms with Crippen LogP contribution in [-0.4, -0.2) is 36.9 Å². The number of aromatic nitrogens is 1. The van der Waals surface area contributed by atoms with Crippen molar-refractivity contribution >= 4 is 11.7 Å². The van der Waals surface area contributed by atoms with Crippen molar-refractivity contribution in [1.82, 2.24) is 10.3 Å². The van der Waals surface area contributed by atoms with E-state index in [1.165, 1.54) is 19.3 Å². The molecule has 0 radical (unpaired) electrons. The number of nitrogens with zero attached hydrogens (tertiary/aromatic N) is 1. The van der Waals surface area contributed by atoms with E-state index >= 15 is 0 Å². The normalized spacial score (nSPS) is 32.4. The highest BCUT2D eigenvalue weighted by molar-refractivity contribution is 5.89. The summed E-state index contributed by atoms with van der Waals surface area (Å²) in [7, 11) is 1.63. The highest BCUT2D eigenvalue weighted by Gasteiger charge is 2.51. The molecule has 0 unspecified atom stereocenters. The van der Waals surface area contributed by atoms with Crippen molar-refractivity contribution < 1.29 is 14.3 Å². The number of anilines is 1. The average molecular weight is 345 g/mol. The first-order valence-electron chi connectivity index (χ1n) is 9.31. The first-order chi connectivity index (χ1) is 12.1.